The Morgan fingerprint density at radius 1 is 0.938 bits per heavy atom. The quantitative estimate of drug-likeness (QED) is 0.140. The van der Waals surface area contributed by atoms with Gasteiger partial charge in [-0.25, -0.2) is 0 Å². The number of amides is 8. The topological polar surface area (TPSA) is 206 Å². The highest BCUT2D eigenvalue weighted by molar-refractivity contribution is 6.33. The molecule has 3 rings (SSSR count). The molecule has 0 radical (unpaired) electrons. The van der Waals surface area contributed by atoms with Crippen LogP contribution in [0.4, 0.5) is 0 Å². The summed E-state index contributed by atoms with van der Waals surface area (Å²) in [5, 5.41) is 15.1. The van der Waals surface area contributed by atoms with Gasteiger partial charge in [-0.15, -0.1) is 0 Å². The standard InChI is InChI=1S/C47H74Cl2N8O8/c1-10-17-34-40(59)51-24-15-13-19-37(41(60)54-36(26-29(3)4)45(64)56(9)39(43(62)52-34)28-31-27-32(48)21-22-33(31)49)55(8)44(63)35(18-12-14-23-50-30(5)58)53-42(61)38-20-16-25-57(38)46(65)47(6,7)11-2/h21-22,27,29,34-39H,10-20,23-26,28H2,1-9H3,(H,50,58)(H,51,59)(H,52,62)(H,53,61)(H,54,60)/t34-,35+,36+,37+,38+,39+/m1/s1. The number of benzene rings is 1. The molecular weight excluding hydrogens is 875 g/mol. The lowest BCUT2D eigenvalue weighted by Crippen LogP contribution is -2.60. The van der Waals surface area contributed by atoms with Crippen LogP contribution in [0.1, 0.15) is 131 Å². The number of nitrogens with zero attached hydrogens (tertiary/aromatic N) is 3. The molecule has 65 heavy (non-hydrogen) atoms. The van der Waals surface area contributed by atoms with Crippen LogP contribution in [-0.4, -0.2) is 132 Å². The van der Waals surface area contributed by atoms with Gasteiger partial charge in [0.05, 0.1) is 0 Å². The number of halogens is 2. The van der Waals surface area contributed by atoms with Crippen LogP contribution in [0.5, 0.6) is 0 Å². The zero-order chi connectivity index (χ0) is 48.6. The highest BCUT2D eigenvalue weighted by Crippen LogP contribution is 2.29. The molecule has 2 aliphatic heterocycles. The van der Waals surface area contributed by atoms with E-state index in [2.05, 4.69) is 26.6 Å². The van der Waals surface area contributed by atoms with Crippen molar-refractivity contribution in [1.82, 2.24) is 41.3 Å². The van der Waals surface area contributed by atoms with E-state index in [0.29, 0.717) is 86.5 Å². The third kappa shape index (κ3) is 16.1. The highest BCUT2D eigenvalue weighted by atomic mass is 35.5. The molecule has 2 heterocycles. The lowest BCUT2D eigenvalue weighted by Gasteiger charge is -2.35. The van der Waals surface area contributed by atoms with Crippen LogP contribution < -0.4 is 26.6 Å². The van der Waals surface area contributed by atoms with Crippen molar-refractivity contribution in [2.24, 2.45) is 11.3 Å². The number of likely N-dealkylation sites (N-methyl/N-ethyl adjacent to an activating group) is 2. The van der Waals surface area contributed by atoms with Gasteiger partial charge in [-0.2, -0.15) is 0 Å². The molecule has 2 aliphatic rings. The van der Waals surface area contributed by atoms with E-state index in [1.54, 1.807) is 23.1 Å². The molecule has 0 aromatic heterocycles. The maximum atomic E-state index is 14.7. The largest absolute Gasteiger partial charge is 0.356 e. The highest BCUT2D eigenvalue weighted by Gasteiger charge is 2.42. The van der Waals surface area contributed by atoms with Crippen molar-refractivity contribution in [3.05, 3.63) is 33.8 Å². The Morgan fingerprint density at radius 3 is 2.28 bits per heavy atom. The molecule has 0 aliphatic carbocycles. The predicted octanol–water partition coefficient (Wildman–Crippen LogP) is 4.52. The van der Waals surface area contributed by atoms with Gasteiger partial charge in [0, 0.05) is 62.5 Å². The Balaban J connectivity index is 2.03. The summed E-state index contributed by atoms with van der Waals surface area (Å²) in [6.45, 7) is 13.7. The average Bonchev–Trinajstić information content (AvgIpc) is 3.75. The maximum Gasteiger partial charge on any atom is 0.245 e. The van der Waals surface area contributed by atoms with Gasteiger partial charge in [0.25, 0.3) is 0 Å². The van der Waals surface area contributed by atoms with Crippen molar-refractivity contribution in [2.75, 3.05) is 33.7 Å². The fraction of sp³-hybridized carbons (Fsp3) is 0.702. The summed E-state index contributed by atoms with van der Waals surface area (Å²) in [5.41, 5.74) is -0.177. The first-order valence-electron chi connectivity index (χ1n) is 23.3. The van der Waals surface area contributed by atoms with Crippen LogP contribution in [0.2, 0.25) is 10.0 Å². The molecule has 0 saturated carbocycles. The third-order valence-electron chi connectivity index (χ3n) is 12.6. The number of nitrogens with one attached hydrogen (secondary N) is 5. The normalized spacial score (nSPS) is 22.2. The Kier molecular flexibility index (Phi) is 22.0. The molecule has 0 bridgehead atoms. The molecule has 2 fully saturated rings. The van der Waals surface area contributed by atoms with Crippen molar-refractivity contribution < 1.29 is 38.4 Å². The molecule has 6 atom stereocenters. The molecule has 18 heteroatoms. The Hall–Kier alpha value is -4.44. The van der Waals surface area contributed by atoms with E-state index in [0.717, 1.165) is 0 Å². The maximum absolute atomic E-state index is 14.7. The van der Waals surface area contributed by atoms with Crippen molar-refractivity contribution >= 4 is 70.5 Å². The number of rotatable bonds is 17. The molecule has 0 unspecified atom stereocenters. The molecule has 16 nitrogen and oxygen atoms in total. The van der Waals surface area contributed by atoms with E-state index in [4.69, 9.17) is 23.2 Å². The molecule has 8 amide bonds. The molecular formula is C47H74Cl2N8O8. The minimum atomic E-state index is -1.17. The van der Waals surface area contributed by atoms with Gasteiger partial charge in [0.1, 0.15) is 36.3 Å². The van der Waals surface area contributed by atoms with Gasteiger partial charge in [0.15, 0.2) is 0 Å². The van der Waals surface area contributed by atoms with Crippen LogP contribution in [-0.2, 0) is 44.8 Å². The zero-order valence-electron chi connectivity index (χ0n) is 40.0. The second-order valence-corrected chi connectivity index (χ2v) is 19.5. The molecule has 1 aromatic rings. The molecule has 0 spiro atoms. The number of hydrogen-bond acceptors (Lipinski definition) is 8. The summed E-state index contributed by atoms with van der Waals surface area (Å²) in [6.07, 6.45) is 4.88. The fourth-order valence-electron chi connectivity index (χ4n) is 8.28. The number of hydrogen-bond donors (Lipinski definition) is 5. The van der Waals surface area contributed by atoms with Gasteiger partial charge in [-0.1, -0.05) is 71.2 Å². The smallest absolute Gasteiger partial charge is 0.245 e. The van der Waals surface area contributed by atoms with E-state index in [9.17, 15) is 38.4 Å². The SMILES string of the molecule is CCC[C@H]1NC(=O)[C@H](Cc2cc(Cl)ccc2Cl)N(C)C(=O)[C@H](CC(C)C)NC(=O)[C@@H](N(C)C(=O)[C@H](CCCCNC(C)=O)NC(=O)[C@@H]2CCCN2C(=O)C(C)(C)CC)CCCCNC1=O. The second-order valence-electron chi connectivity index (χ2n) is 18.6. The van der Waals surface area contributed by atoms with Gasteiger partial charge in [0.2, 0.25) is 47.3 Å². The van der Waals surface area contributed by atoms with E-state index in [1.165, 1.54) is 30.8 Å². The molecule has 1 aromatic carbocycles. The molecule has 5 N–H and O–H groups in total. The lowest BCUT2D eigenvalue weighted by molar-refractivity contribution is -0.147. The zero-order valence-corrected chi connectivity index (χ0v) is 41.5. The Bertz CT molecular complexity index is 1850. The number of carbonyl (C=O) groups excluding carboxylic acids is 8. The van der Waals surface area contributed by atoms with Crippen molar-refractivity contribution in [2.45, 2.75) is 168 Å². The van der Waals surface area contributed by atoms with E-state index >= 15 is 0 Å². The first-order valence-corrected chi connectivity index (χ1v) is 24.1. The first kappa shape index (κ1) is 54.9. The Labute approximate surface area is 395 Å². The van der Waals surface area contributed by atoms with Gasteiger partial charge < -0.3 is 41.3 Å². The van der Waals surface area contributed by atoms with Gasteiger partial charge in [-0.3, -0.25) is 38.4 Å². The van der Waals surface area contributed by atoms with Crippen LogP contribution in [0.15, 0.2) is 18.2 Å². The molecule has 364 valence electrons. The summed E-state index contributed by atoms with van der Waals surface area (Å²) in [6, 6.07) is -1.31. The summed E-state index contributed by atoms with van der Waals surface area (Å²) < 4.78 is 0. The second kappa shape index (κ2) is 26.0. The van der Waals surface area contributed by atoms with E-state index in [1.807, 2.05) is 41.5 Å². The van der Waals surface area contributed by atoms with Crippen LogP contribution in [0.3, 0.4) is 0 Å². The number of likely N-dealkylation sites (tertiary alicyclic amines) is 1. The summed E-state index contributed by atoms with van der Waals surface area (Å²) >= 11 is 12.9. The van der Waals surface area contributed by atoms with Crippen molar-refractivity contribution in [1.29, 1.82) is 0 Å². The first-order chi connectivity index (χ1) is 30.6. The Morgan fingerprint density at radius 2 is 1.63 bits per heavy atom. The van der Waals surface area contributed by atoms with Crippen LogP contribution >= 0.6 is 23.2 Å². The third-order valence-corrected chi connectivity index (χ3v) is 13.2. The minimum Gasteiger partial charge on any atom is -0.356 e. The van der Waals surface area contributed by atoms with Crippen molar-refractivity contribution in [3.8, 4) is 0 Å². The summed E-state index contributed by atoms with van der Waals surface area (Å²) in [4.78, 5) is 115. The minimum absolute atomic E-state index is 0.0444. The van der Waals surface area contributed by atoms with E-state index < -0.39 is 77.1 Å². The monoisotopic (exact) mass is 949 g/mol. The van der Waals surface area contributed by atoms with Crippen LogP contribution in [0.25, 0.3) is 0 Å². The van der Waals surface area contributed by atoms with Crippen molar-refractivity contribution in [3.63, 3.8) is 0 Å². The lowest BCUT2D eigenvalue weighted by atomic mass is 9.88. The fourth-order valence-corrected chi connectivity index (χ4v) is 8.67. The average molecular weight is 950 g/mol. The van der Waals surface area contributed by atoms with Gasteiger partial charge in [-0.05, 0) is 100 Å². The number of unbranched alkanes of at least 4 members (excludes halogenated alkanes) is 1. The summed E-state index contributed by atoms with van der Waals surface area (Å²) in [7, 11) is 2.96. The van der Waals surface area contributed by atoms with Crippen LogP contribution in [0, 0.1) is 11.3 Å². The number of carbonyl (C=O) groups is 8. The summed E-state index contributed by atoms with van der Waals surface area (Å²) in [5.74, 6) is -3.55. The van der Waals surface area contributed by atoms with Gasteiger partial charge >= 0.3 is 0 Å². The van der Waals surface area contributed by atoms with E-state index in [-0.39, 0.29) is 50.0 Å². The molecule has 2 saturated heterocycles. The predicted molar refractivity (Wildman–Crippen MR) is 252 cm³/mol.